The van der Waals surface area contributed by atoms with Crippen LogP contribution in [-0.4, -0.2) is 50.3 Å². The molecule has 2 atom stereocenters. The van der Waals surface area contributed by atoms with Crippen molar-refractivity contribution in [1.82, 2.24) is 10.2 Å². The Kier molecular flexibility index (Phi) is 6.26. The summed E-state index contributed by atoms with van der Waals surface area (Å²) in [5, 5.41) is 3.17. The summed E-state index contributed by atoms with van der Waals surface area (Å²) in [6.07, 6.45) is 0. The van der Waals surface area contributed by atoms with E-state index in [1.54, 1.807) is 31.4 Å². The van der Waals surface area contributed by atoms with E-state index < -0.39 is 0 Å². The molecule has 26 heavy (non-hydrogen) atoms. The lowest BCUT2D eigenvalue weighted by Crippen LogP contribution is -2.48. The van der Waals surface area contributed by atoms with Crippen LogP contribution in [0.2, 0.25) is 0 Å². The minimum absolute atomic E-state index is 0.0369. The Labute approximate surface area is 154 Å². The van der Waals surface area contributed by atoms with Crippen LogP contribution in [0.4, 0.5) is 0 Å². The van der Waals surface area contributed by atoms with Crippen molar-refractivity contribution in [2.75, 3.05) is 33.4 Å². The fraction of sp³-hybridized carbons (Fsp3) is 0.381. The molecule has 1 aliphatic rings. The van der Waals surface area contributed by atoms with E-state index >= 15 is 0 Å². The van der Waals surface area contributed by atoms with E-state index in [9.17, 15) is 4.79 Å². The minimum Gasteiger partial charge on any atom is -0.497 e. The number of ether oxygens (including phenoxy) is 2. The summed E-state index contributed by atoms with van der Waals surface area (Å²) in [4.78, 5) is 15.1. The number of benzene rings is 2. The fourth-order valence-electron chi connectivity index (χ4n) is 3.43. The van der Waals surface area contributed by atoms with Crippen molar-refractivity contribution in [1.29, 1.82) is 0 Å². The predicted molar refractivity (Wildman–Crippen MR) is 101 cm³/mol. The number of hydrogen-bond acceptors (Lipinski definition) is 4. The fourth-order valence-corrected chi connectivity index (χ4v) is 3.43. The van der Waals surface area contributed by atoms with E-state index in [-0.39, 0.29) is 18.0 Å². The van der Waals surface area contributed by atoms with Gasteiger partial charge in [0, 0.05) is 24.7 Å². The molecule has 1 saturated heterocycles. The number of rotatable bonds is 6. The minimum atomic E-state index is -0.0747. The Bertz CT molecular complexity index is 697. The van der Waals surface area contributed by atoms with Crippen LogP contribution in [0.15, 0.2) is 54.6 Å². The zero-order valence-electron chi connectivity index (χ0n) is 15.4. The number of nitrogens with one attached hydrogen (secondary N) is 1. The topological polar surface area (TPSA) is 50.8 Å². The molecule has 1 amide bonds. The van der Waals surface area contributed by atoms with Crippen molar-refractivity contribution < 1.29 is 14.3 Å². The van der Waals surface area contributed by atoms with Gasteiger partial charge in [-0.15, -0.1) is 0 Å². The molecule has 0 bridgehead atoms. The number of morpholine rings is 1. The Morgan fingerprint density at radius 2 is 1.73 bits per heavy atom. The van der Waals surface area contributed by atoms with E-state index in [0.717, 1.165) is 32.1 Å². The molecule has 2 aromatic carbocycles. The third kappa shape index (κ3) is 4.42. The van der Waals surface area contributed by atoms with E-state index in [1.807, 2.05) is 18.2 Å². The predicted octanol–water partition coefficient (Wildman–Crippen LogP) is 2.89. The molecule has 0 saturated carbocycles. The molecule has 0 unspecified atom stereocenters. The Hall–Kier alpha value is -2.37. The van der Waals surface area contributed by atoms with Crippen LogP contribution in [0, 0.1) is 0 Å². The number of hydrogen-bond donors (Lipinski definition) is 1. The third-order valence-electron chi connectivity index (χ3n) is 4.76. The summed E-state index contributed by atoms with van der Waals surface area (Å²) in [7, 11) is 1.62. The molecule has 1 N–H and O–H groups in total. The summed E-state index contributed by atoms with van der Waals surface area (Å²) in [6.45, 7) is 5.24. The number of methoxy groups -OCH3 is 1. The van der Waals surface area contributed by atoms with Crippen LogP contribution in [0.3, 0.4) is 0 Å². The molecule has 1 aliphatic heterocycles. The van der Waals surface area contributed by atoms with Crippen LogP contribution in [0.25, 0.3) is 0 Å². The Morgan fingerprint density at radius 3 is 2.35 bits per heavy atom. The summed E-state index contributed by atoms with van der Waals surface area (Å²) < 4.78 is 10.7. The second-order valence-corrected chi connectivity index (χ2v) is 6.49. The highest BCUT2D eigenvalue weighted by Gasteiger charge is 2.28. The maximum absolute atomic E-state index is 12.7. The second-order valence-electron chi connectivity index (χ2n) is 6.49. The molecule has 0 spiro atoms. The van der Waals surface area contributed by atoms with Gasteiger partial charge in [0.05, 0.1) is 26.4 Å². The van der Waals surface area contributed by atoms with E-state index in [4.69, 9.17) is 9.47 Å². The van der Waals surface area contributed by atoms with Gasteiger partial charge in [-0.1, -0.05) is 30.3 Å². The summed E-state index contributed by atoms with van der Waals surface area (Å²) in [5.41, 5.74) is 1.84. The van der Waals surface area contributed by atoms with Gasteiger partial charge >= 0.3 is 0 Å². The summed E-state index contributed by atoms with van der Waals surface area (Å²) in [6, 6.07) is 17.6. The first-order valence-corrected chi connectivity index (χ1v) is 9.00. The van der Waals surface area contributed by atoms with Gasteiger partial charge in [-0.25, -0.2) is 0 Å². The summed E-state index contributed by atoms with van der Waals surface area (Å²) >= 11 is 0. The van der Waals surface area contributed by atoms with Gasteiger partial charge in [0.2, 0.25) is 0 Å². The molecule has 1 fully saturated rings. The van der Waals surface area contributed by atoms with E-state index in [2.05, 4.69) is 29.3 Å². The molecular weight excluding hydrogens is 328 g/mol. The average molecular weight is 354 g/mol. The zero-order chi connectivity index (χ0) is 18.4. The largest absolute Gasteiger partial charge is 0.497 e. The third-order valence-corrected chi connectivity index (χ3v) is 4.76. The number of carbonyl (C=O) groups is 1. The lowest BCUT2D eigenvalue weighted by Gasteiger charge is -2.38. The van der Waals surface area contributed by atoms with Crippen molar-refractivity contribution in [2.45, 2.75) is 19.0 Å². The van der Waals surface area contributed by atoms with Crippen LogP contribution >= 0.6 is 0 Å². The zero-order valence-corrected chi connectivity index (χ0v) is 15.4. The van der Waals surface area contributed by atoms with Gasteiger partial charge < -0.3 is 14.8 Å². The molecule has 5 heteroatoms. The highest BCUT2D eigenvalue weighted by Crippen LogP contribution is 2.25. The van der Waals surface area contributed by atoms with Gasteiger partial charge in [0.25, 0.3) is 5.91 Å². The van der Waals surface area contributed by atoms with Gasteiger partial charge in [-0.3, -0.25) is 9.69 Å². The molecular formula is C21H26N2O3. The monoisotopic (exact) mass is 354 g/mol. The first-order chi connectivity index (χ1) is 12.7. The van der Waals surface area contributed by atoms with Crippen molar-refractivity contribution in [3.05, 3.63) is 65.7 Å². The molecule has 0 aromatic heterocycles. The molecule has 0 radical (unpaired) electrons. The van der Waals surface area contributed by atoms with Gasteiger partial charge in [0.1, 0.15) is 5.75 Å². The van der Waals surface area contributed by atoms with Crippen LogP contribution in [-0.2, 0) is 4.74 Å². The summed E-state index contributed by atoms with van der Waals surface area (Å²) in [5.74, 6) is 0.666. The first-order valence-electron chi connectivity index (χ1n) is 9.00. The maximum Gasteiger partial charge on any atom is 0.251 e. The molecule has 2 aromatic rings. The lowest BCUT2D eigenvalue weighted by atomic mass is 9.97. The average Bonchev–Trinajstić information content (AvgIpc) is 2.70. The Balaban J connectivity index is 1.75. The quantitative estimate of drug-likeness (QED) is 0.867. The van der Waals surface area contributed by atoms with Gasteiger partial charge in [0.15, 0.2) is 0 Å². The molecule has 1 heterocycles. The van der Waals surface area contributed by atoms with E-state index in [0.29, 0.717) is 5.56 Å². The van der Waals surface area contributed by atoms with Crippen molar-refractivity contribution >= 4 is 5.91 Å². The van der Waals surface area contributed by atoms with Crippen molar-refractivity contribution in [3.63, 3.8) is 0 Å². The SMILES string of the molecule is COc1ccc(C(=O)N[C@H](C)[C@H](c2ccccc2)N2CCOCC2)cc1. The van der Waals surface area contributed by atoms with Gasteiger partial charge in [-0.05, 0) is 36.8 Å². The maximum atomic E-state index is 12.7. The number of carbonyl (C=O) groups excluding carboxylic acids is 1. The highest BCUT2D eigenvalue weighted by atomic mass is 16.5. The lowest BCUT2D eigenvalue weighted by molar-refractivity contribution is 0.00888. The van der Waals surface area contributed by atoms with Gasteiger partial charge in [-0.2, -0.15) is 0 Å². The van der Waals surface area contributed by atoms with Crippen LogP contribution < -0.4 is 10.1 Å². The first kappa shape index (κ1) is 18.4. The van der Waals surface area contributed by atoms with Crippen LogP contribution in [0.5, 0.6) is 5.75 Å². The Morgan fingerprint density at radius 1 is 1.08 bits per heavy atom. The molecule has 5 nitrogen and oxygen atoms in total. The van der Waals surface area contributed by atoms with E-state index in [1.165, 1.54) is 5.56 Å². The molecule has 138 valence electrons. The highest BCUT2D eigenvalue weighted by molar-refractivity contribution is 5.94. The van der Waals surface area contributed by atoms with Crippen molar-refractivity contribution in [3.8, 4) is 5.75 Å². The molecule has 0 aliphatic carbocycles. The number of nitrogens with zero attached hydrogens (tertiary/aromatic N) is 1. The normalized spacial score (nSPS) is 17.3. The standard InChI is InChI=1S/C21H26N2O3/c1-16(22-21(24)18-8-10-19(25-2)11-9-18)20(17-6-4-3-5-7-17)23-12-14-26-15-13-23/h3-11,16,20H,12-15H2,1-2H3,(H,22,24)/t16-,20-/m1/s1. The van der Waals surface area contributed by atoms with Crippen molar-refractivity contribution in [2.24, 2.45) is 0 Å². The number of amides is 1. The van der Waals surface area contributed by atoms with Crippen LogP contribution in [0.1, 0.15) is 28.9 Å². The molecule has 3 rings (SSSR count). The second kappa shape index (κ2) is 8.83. The smallest absolute Gasteiger partial charge is 0.251 e.